The summed E-state index contributed by atoms with van der Waals surface area (Å²) in [6, 6.07) is 0. The molecular formula is C25H50O6. The van der Waals surface area contributed by atoms with Crippen LogP contribution in [0.15, 0.2) is 0 Å². The lowest BCUT2D eigenvalue weighted by atomic mass is 9.99. The van der Waals surface area contributed by atoms with Crippen LogP contribution in [0.3, 0.4) is 0 Å². The molecule has 5 atom stereocenters. The Morgan fingerprint density at radius 2 is 1.00 bits per heavy atom. The van der Waals surface area contributed by atoms with Crippen LogP contribution in [-0.2, 0) is 9.47 Å². The van der Waals surface area contributed by atoms with Gasteiger partial charge >= 0.3 is 0 Å². The van der Waals surface area contributed by atoms with Gasteiger partial charge in [-0.15, -0.1) is 0 Å². The third kappa shape index (κ3) is 13.2. The van der Waals surface area contributed by atoms with Crippen molar-refractivity contribution in [3.8, 4) is 0 Å². The topological polar surface area (TPSA) is 99.4 Å². The predicted molar refractivity (Wildman–Crippen MR) is 124 cm³/mol. The molecule has 186 valence electrons. The van der Waals surface area contributed by atoms with Crippen LogP contribution in [0, 0.1) is 0 Å². The van der Waals surface area contributed by atoms with Crippen molar-refractivity contribution in [1.29, 1.82) is 0 Å². The monoisotopic (exact) mass is 446 g/mol. The second-order valence-electron chi connectivity index (χ2n) is 9.22. The van der Waals surface area contributed by atoms with Gasteiger partial charge in [0.25, 0.3) is 0 Å². The molecule has 5 unspecified atom stereocenters. The minimum atomic E-state index is -1.37. The average molecular weight is 447 g/mol. The largest absolute Gasteiger partial charge is 0.394 e. The first-order valence-electron chi connectivity index (χ1n) is 13.0. The molecule has 0 spiro atoms. The summed E-state index contributed by atoms with van der Waals surface area (Å²) in [5.41, 5.74) is 0. The van der Waals surface area contributed by atoms with E-state index in [0.717, 1.165) is 12.8 Å². The average Bonchev–Trinajstić information content (AvgIpc) is 2.78. The lowest BCUT2D eigenvalue weighted by Crippen LogP contribution is -2.59. The fourth-order valence-electron chi connectivity index (χ4n) is 4.23. The van der Waals surface area contributed by atoms with Gasteiger partial charge in [-0.25, -0.2) is 0 Å². The molecule has 0 aromatic carbocycles. The normalized spacial score (nSPS) is 26.4. The SMILES string of the molecule is CCCCCCCCCCCCCCCCCCCOC1OC(CO)C(O)C(O)C1O. The van der Waals surface area contributed by atoms with Crippen molar-refractivity contribution in [2.24, 2.45) is 0 Å². The number of aliphatic hydroxyl groups is 4. The Bertz CT molecular complexity index is 392. The molecule has 0 aromatic heterocycles. The van der Waals surface area contributed by atoms with E-state index in [-0.39, 0.29) is 0 Å². The molecule has 0 amide bonds. The maximum atomic E-state index is 9.92. The van der Waals surface area contributed by atoms with Crippen LogP contribution in [0.25, 0.3) is 0 Å². The molecule has 1 aliphatic heterocycles. The first kappa shape index (κ1) is 28.8. The maximum Gasteiger partial charge on any atom is 0.186 e. The molecule has 0 bridgehead atoms. The van der Waals surface area contributed by atoms with E-state index < -0.39 is 37.3 Å². The molecule has 4 N–H and O–H groups in total. The molecule has 0 aromatic rings. The maximum absolute atomic E-state index is 9.92. The standard InChI is InChI=1S/C25H50O6/c1-2-3-4-5-6-7-8-9-10-11-12-13-14-15-16-17-18-19-30-25-24(29)23(28)22(27)21(20-26)31-25/h21-29H,2-20H2,1H3. The zero-order chi connectivity index (χ0) is 22.7. The lowest BCUT2D eigenvalue weighted by molar-refractivity contribution is -0.301. The molecule has 1 saturated heterocycles. The number of unbranched alkanes of at least 4 members (excludes halogenated alkanes) is 16. The summed E-state index contributed by atoms with van der Waals surface area (Å²) >= 11 is 0. The molecular weight excluding hydrogens is 396 g/mol. The van der Waals surface area contributed by atoms with Crippen molar-refractivity contribution < 1.29 is 29.9 Å². The molecule has 6 heteroatoms. The van der Waals surface area contributed by atoms with Crippen LogP contribution < -0.4 is 0 Å². The molecule has 0 aliphatic carbocycles. The Morgan fingerprint density at radius 1 is 0.581 bits per heavy atom. The van der Waals surface area contributed by atoms with Crippen molar-refractivity contribution in [2.45, 2.75) is 147 Å². The van der Waals surface area contributed by atoms with Crippen LogP contribution in [-0.4, -0.2) is 64.3 Å². The van der Waals surface area contributed by atoms with Gasteiger partial charge in [0.05, 0.1) is 6.61 Å². The van der Waals surface area contributed by atoms with E-state index in [1.165, 1.54) is 96.3 Å². The first-order valence-corrected chi connectivity index (χ1v) is 13.0. The molecule has 31 heavy (non-hydrogen) atoms. The van der Waals surface area contributed by atoms with Crippen molar-refractivity contribution in [3.63, 3.8) is 0 Å². The highest BCUT2D eigenvalue weighted by Crippen LogP contribution is 2.22. The summed E-state index contributed by atoms with van der Waals surface area (Å²) < 4.78 is 10.8. The van der Waals surface area contributed by atoms with Crippen molar-refractivity contribution in [2.75, 3.05) is 13.2 Å². The summed E-state index contributed by atoms with van der Waals surface area (Å²) in [6.07, 6.45) is 16.4. The van der Waals surface area contributed by atoms with E-state index in [2.05, 4.69) is 6.92 Å². The van der Waals surface area contributed by atoms with Crippen molar-refractivity contribution in [1.82, 2.24) is 0 Å². The van der Waals surface area contributed by atoms with Gasteiger partial charge in [0, 0.05) is 6.61 Å². The molecule has 0 radical (unpaired) electrons. The van der Waals surface area contributed by atoms with Crippen molar-refractivity contribution in [3.05, 3.63) is 0 Å². The van der Waals surface area contributed by atoms with Gasteiger partial charge < -0.3 is 29.9 Å². The number of hydrogen-bond acceptors (Lipinski definition) is 6. The van der Waals surface area contributed by atoms with E-state index in [9.17, 15) is 20.4 Å². The van der Waals surface area contributed by atoms with Crippen LogP contribution in [0.4, 0.5) is 0 Å². The summed E-state index contributed by atoms with van der Waals surface area (Å²) in [7, 11) is 0. The Labute approximate surface area is 190 Å². The zero-order valence-corrected chi connectivity index (χ0v) is 19.9. The molecule has 6 nitrogen and oxygen atoms in total. The second kappa shape index (κ2) is 19.2. The van der Waals surface area contributed by atoms with Crippen LogP contribution in [0.5, 0.6) is 0 Å². The van der Waals surface area contributed by atoms with Crippen LogP contribution in [0.2, 0.25) is 0 Å². The van der Waals surface area contributed by atoms with Crippen molar-refractivity contribution >= 4 is 0 Å². The zero-order valence-electron chi connectivity index (χ0n) is 19.9. The van der Waals surface area contributed by atoms with Gasteiger partial charge in [-0.1, -0.05) is 110 Å². The smallest absolute Gasteiger partial charge is 0.186 e. The highest BCUT2D eigenvalue weighted by molar-refractivity contribution is 4.88. The molecule has 1 rings (SSSR count). The van der Waals surface area contributed by atoms with Crippen LogP contribution >= 0.6 is 0 Å². The van der Waals surface area contributed by atoms with Gasteiger partial charge in [0.15, 0.2) is 6.29 Å². The third-order valence-corrected chi connectivity index (χ3v) is 6.38. The van der Waals surface area contributed by atoms with E-state index in [1.54, 1.807) is 0 Å². The Hall–Kier alpha value is -0.240. The summed E-state index contributed by atoms with van der Waals surface area (Å²) in [6.45, 7) is 2.28. The Kier molecular flexibility index (Phi) is 17.9. The van der Waals surface area contributed by atoms with Gasteiger partial charge in [-0.3, -0.25) is 0 Å². The highest BCUT2D eigenvalue weighted by atomic mass is 16.7. The number of aliphatic hydroxyl groups excluding tert-OH is 4. The fourth-order valence-corrected chi connectivity index (χ4v) is 4.23. The summed E-state index contributed by atoms with van der Waals surface area (Å²) in [5, 5.41) is 38.6. The Morgan fingerprint density at radius 3 is 1.42 bits per heavy atom. The quantitative estimate of drug-likeness (QED) is 0.206. The van der Waals surface area contributed by atoms with Gasteiger partial charge in [-0.2, -0.15) is 0 Å². The van der Waals surface area contributed by atoms with Crippen LogP contribution in [0.1, 0.15) is 116 Å². The predicted octanol–water partition coefficient (Wildman–Crippen LogP) is 4.45. The van der Waals surface area contributed by atoms with Gasteiger partial charge in [-0.05, 0) is 6.42 Å². The number of ether oxygens (including phenoxy) is 2. The summed E-state index contributed by atoms with van der Waals surface area (Å²) in [4.78, 5) is 0. The molecule has 1 fully saturated rings. The first-order chi connectivity index (χ1) is 15.1. The van der Waals surface area contributed by atoms with E-state index >= 15 is 0 Å². The molecule has 0 saturated carbocycles. The fraction of sp³-hybridized carbons (Fsp3) is 1.00. The minimum absolute atomic E-state index is 0.427. The third-order valence-electron chi connectivity index (χ3n) is 6.38. The Balaban J connectivity index is 1.84. The second-order valence-corrected chi connectivity index (χ2v) is 9.22. The number of hydrogen-bond donors (Lipinski definition) is 4. The lowest BCUT2D eigenvalue weighted by Gasteiger charge is -2.39. The highest BCUT2D eigenvalue weighted by Gasteiger charge is 2.43. The van der Waals surface area contributed by atoms with Gasteiger partial charge in [0.1, 0.15) is 24.4 Å². The van der Waals surface area contributed by atoms with E-state index in [4.69, 9.17) is 9.47 Å². The number of rotatable bonds is 20. The van der Waals surface area contributed by atoms with E-state index in [1.807, 2.05) is 0 Å². The van der Waals surface area contributed by atoms with E-state index in [0.29, 0.717) is 6.61 Å². The van der Waals surface area contributed by atoms with Gasteiger partial charge in [0.2, 0.25) is 0 Å². The summed E-state index contributed by atoms with van der Waals surface area (Å²) in [5.74, 6) is 0. The molecule has 1 aliphatic rings. The molecule has 1 heterocycles. The minimum Gasteiger partial charge on any atom is -0.394 e.